The molecule has 0 aliphatic heterocycles. The molecule has 2 N–H and O–H groups in total. The highest BCUT2D eigenvalue weighted by Crippen LogP contribution is 2.49. The predicted octanol–water partition coefficient (Wildman–Crippen LogP) is 6.17. The minimum Gasteiger partial charge on any atom is -0.435 e. The van der Waals surface area contributed by atoms with Crippen LogP contribution in [0.2, 0.25) is 0 Å². The van der Waals surface area contributed by atoms with Crippen molar-refractivity contribution >= 4 is 23.7 Å². The van der Waals surface area contributed by atoms with Gasteiger partial charge in [0.15, 0.2) is 5.75 Å². The molecule has 3 aromatic rings. The Morgan fingerprint density at radius 3 is 1.60 bits per heavy atom. The van der Waals surface area contributed by atoms with E-state index >= 15 is 0 Å². The molecule has 0 spiro atoms. The quantitative estimate of drug-likeness (QED) is 0.405. The van der Waals surface area contributed by atoms with Crippen molar-refractivity contribution < 1.29 is 9.09 Å². The monoisotopic (exact) mass is 421 g/mol. The maximum atomic E-state index is 14.4. The van der Waals surface area contributed by atoms with Crippen LogP contribution in [-0.4, -0.2) is 0 Å². The van der Waals surface area contributed by atoms with E-state index in [1.165, 1.54) is 0 Å². The smallest absolute Gasteiger partial charge is 0.306 e. The zero-order valence-corrected chi connectivity index (χ0v) is 19.7. The van der Waals surface area contributed by atoms with Crippen molar-refractivity contribution in [2.45, 2.75) is 52.4 Å². The number of hydrogen-bond acceptors (Lipinski definition) is 3. The normalized spacial score (nSPS) is 12.6. The zero-order chi connectivity index (χ0) is 22.2. The summed E-state index contributed by atoms with van der Waals surface area (Å²) >= 11 is 0. The highest BCUT2D eigenvalue weighted by molar-refractivity contribution is 7.74. The summed E-state index contributed by atoms with van der Waals surface area (Å²) < 4.78 is 20.8. The topological polar surface area (TPSA) is 52.3 Å². The molecule has 3 aromatic carbocycles. The third-order valence-electron chi connectivity index (χ3n) is 5.24. The predicted molar refractivity (Wildman–Crippen MR) is 129 cm³/mol. The summed E-state index contributed by atoms with van der Waals surface area (Å²) in [6.07, 6.45) is 0. The van der Waals surface area contributed by atoms with Crippen LogP contribution >= 0.6 is 7.37 Å². The van der Waals surface area contributed by atoms with Crippen LogP contribution in [0.4, 0.5) is 5.69 Å². The fourth-order valence-corrected chi connectivity index (χ4v) is 5.46. The Morgan fingerprint density at radius 2 is 1.20 bits per heavy atom. The fraction of sp³-hybridized carbons (Fsp3) is 0.308. The first-order chi connectivity index (χ1) is 13.9. The Morgan fingerprint density at radius 1 is 0.733 bits per heavy atom. The molecule has 0 aromatic heterocycles. The van der Waals surface area contributed by atoms with Crippen molar-refractivity contribution in [2.75, 3.05) is 5.73 Å². The maximum absolute atomic E-state index is 14.4. The first-order valence-electron chi connectivity index (χ1n) is 10.3. The molecule has 0 amide bonds. The zero-order valence-electron chi connectivity index (χ0n) is 18.8. The van der Waals surface area contributed by atoms with Gasteiger partial charge in [-0.1, -0.05) is 84.0 Å². The summed E-state index contributed by atoms with van der Waals surface area (Å²) in [5, 5.41) is 1.29. The highest BCUT2D eigenvalue weighted by atomic mass is 31.2. The van der Waals surface area contributed by atoms with Gasteiger partial charge in [-0.2, -0.15) is 0 Å². The van der Waals surface area contributed by atoms with Crippen LogP contribution in [0, 0.1) is 0 Å². The van der Waals surface area contributed by atoms with Crippen molar-refractivity contribution in [3.05, 3.63) is 83.9 Å². The van der Waals surface area contributed by atoms with Crippen LogP contribution in [0.25, 0.3) is 0 Å². The number of nitrogen functional groups attached to an aromatic ring is 1. The Hall–Kier alpha value is -2.51. The van der Waals surface area contributed by atoms with Gasteiger partial charge in [0, 0.05) is 0 Å². The Kier molecular flexibility index (Phi) is 5.89. The van der Waals surface area contributed by atoms with Gasteiger partial charge in [0.25, 0.3) is 0 Å². The molecule has 0 saturated heterocycles. The SMILES string of the molecule is CC(C)(C)c1cc(OP(=O)(c2ccccc2)c2ccccc2)c(N)c(C(C)(C)C)c1. The molecule has 0 unspecified atom stereocenters. The fourth-order valence-electron chi connectivity index (χ4n) is 3.40. The van der Waals surface area contributed by atoms with E-state index in [-0.39, 0.29) is 10.8 Å². The molecular weight excluding hydrogens is 389 g/mol. The van der Waals surface area contributed by atoms with Gasteiger partial charge in [0.2, 0.25) is 0 Å². The van der Waals surface area contributed by atoms with Crippen LogP contribution in [0.3, 0.4) is 0 Å². The molecule has 0 bridgehead atoms. The third kappa shape index (κ3) is 4.47. The average Bonchev–Trinajstić information content (AvgIpc) is 2.69. The first-order valence-corrected chi connectivity index (χ1v) is 11.9. The number of benzene rings is 3. The van der Waals surface area contributed by atoms with Crippen LogP contribution < -0.4 is 20.9 Å². The van der Waals surface area contributed by atoms with E-state index in [1.807, 2.05) is 66.7 Å². The molecule has 0 fully saturated rings. The van der Waals surface area contributed by atoms with Gasteiger partial charge in [-0.25, -0.2) is 0 Å². The van der Waals surface area contributed by atoms with Crippen LogP contribution in [0.5, 0.6) is 5.75 Å². The Balaban J connectivity index is 2.24. The van der Waals surface area contributed by atoms with Gasteiger partial charge in [-0.3, -0.25) is 4.57 Å². The van der Waals surface area contributed by atoms with Crippen LogP contribution in [0.15, 0.2) is 72.8 Å². The lowest BCUT2D eigenvalue weighted by Gasteiger charge is -2.29. The van der Waals surface area contributed by atoms with Gasteiger partial charge >= 0.3 is 7.37 Å². The third-order valence-corrected chi connectivity index (χ3v) is 7.64. The van der Waals surface area contributed by atoms with Gasteiger partial charge in [0.05, 0.1) is 16.3 Å². The van der Waals surface area contributed by atoms with Crippen molar-refractivity contribution in [3.63, 3.8) is 0 Å². The molecular formula is C26H32NO2P. The second-order valence-electron chi connectivity index (χ2n) is 9.75. The second-order valence-corrected chi connectivity index (χ2v) is 12.1. The van der Waals surface area contributed by atoms with E-state index in [9.17, 15) is 4.57 Å². The lowest BCUT2D eigenvalue weighted by molar-refractivity contribution is 0.498. The molecule has 0 aliphatic rings. The molecule has 0 radical (unpaired) electrons. The van der Waals surface area contributed by atoms with E-state index in [4.69, 9.17) is 10.3 Å². The molecule has 0 saturated carbocycles. The Bertz CT molecular complexity index is 1020. The summed E-state index contributed by atoms with van der Waals surface area (Å²) in [5.41, 5.74) is 8.97. The van der Waals surface area contributed by atoms with E-state index < -0.39 is 7.37 Å². The largest absolute Gasteiger partial charge is 0.435 e. The van der Waals surface area contributed by atoms with E-state index in [1.54, 1.807) is 0 Å². The molecule has 3 nitrogen and oxygen atoms in total. The molecule has 0 atom stereocenters. The summed E-state index contributed by atoms with van der Waals surface area (Å²) in [7, 11) is -3.40. The van der Waals surface area contributed by atoms with Crippen LogP contribution in [-0.2, 0) is 15.4 Å². The Labute approximate surface area is 180 Å². The number of anilines is 1. The molecule has 4 heteroatoms. The van der Waals surface area contributed by atoms with Crippen molar-refractivity contribution in [1.29, 1.82) is 0 Å². The number of rotatable bonds is 4. The average molecular weight is 422 g/mol. The minimum atomic E-state index is -3.40. The lowest BCUT2D eigenvalue weighted by Crippen LogP contribution is -2.22. The van der Waals surface area contributed by atoms with Gasteiger partial charge in [0.1, 0.15) is 0 Å². The van der Waals surface area contributed by atoms with E-state index in [0.29, 0.717) is 22.0 Å². The number of hydrogen-bond donors (Lipinski definition) is 1. The highest BCUT2D eigenvalue weighted by Gasteiger charge is 2.33. The maximum Gasteiger partial charge on any atom is 0.306 e. The summed E-state index contributed by atoms with van der Waals surface area (Å²) in [6.45, 7) is 12.9. The van der Waals surface area contributed by atoms with E-state index in [0.717, 1.165) is 11.1 Å². The van der Waals surface area contributed by atoms with E-state index in [2.05, 4.69) is 47.6 Å². The minimum absolute atomic E-state index is 0.102. The van der Waals surface area contributed by atoms with Gasteiger partial charge in [-0.05, 0) is 52.3 Å². The summed E-state index contributed by atoms with van der Waals surface area (Å²) in [5.74, 6) is 0.475. The standard InChI is InChI=1S/C26H32NO2P/c1-25(2,3)19-17-22(26(4,5)6)24(27)23(18-19)29-30(28,20-13-9-7-10-14-20)21-15-11-8-12-16-21/h7-18H,27H2,1-6H3. The summed E-state index contributed by atoms with van der Waals surface area (Å²) in [4.78, 5) is 0. The van der Waals surface area contributed by atoms with Gasteiger partial charge < -0.3 is 10.3 Å². The van der Waals surface area contributed by atoms with Crippen LogP contribution in [0.1, 0.15) is 52.7 Å². The number of nitrogens with two attached hydrogens (primary N) is 1. The van der Waals surface area contributed by atoms with Crippen molar-refractivity contribution in [2.24, 2.45) is 0 Å². The van der Waals surface area contributed by atoms with Crippen molar-refractivity contribution in [1.82, 2.24) is 0 Å². The van der Waals surface area contributed by atoms with Gasteiger partial charge in [-0.15, -0.1) is 0 Å². The molecule has 0 aliphatic carbocycles. The first kappa shape index (κ1) is 22.2. The molecule has 158 valence electrons. The summed E-state index contributed by atoms with van der Waals surface area (Å²) in [6, 6.07) is 22.8. The molecule has 30 heavy (non-hydrogen) atoms. The molecule has 3 rings (SSSR count). The second kappa shape index (κ2) is 7.96. The molecule has 0 heterocycles. The van der Waals surface area contributed by atoms with Crippen molar-refractivity contribution in [3.8, 4) is 5.75 Å². The lowest BCUT2D eigenvalue weighted by atomic mass is 9.79.